The Kier molecular flexibility index (Phi) is 9.20. The molecule has 300 valence electrons. The van der Waals surface area contributed by atoms with Gasteiger partial charge in [-0.15, -0.1) is 0 Å². The molecule has 64 heavy (non-hydrogen) atoms. The average molecular weight is 815 g/mol. The molecule has 1 aromatic heterocycles. The van der Waals surface area contributed by atoms with Crippen LogP contribution >= 0.6 is 0 Å². The number of nitrogens with zero attached hydrogens (tertiary/aromatic N) is 2. The smallest absolute Gasteiger partial charge is 0.0541 e. The molecule has 2 heteroatoms. The number of aromatic nitrogens is 1. The molecule has 1 heterocycles. The van der Waals surface area contributed by atoms with Crippen molar-refractivity contribution in [2.45, 2.75) is 0 Å². The summed E-state index contributed by atoms with van der Waals surface area (Å²) in [4.78, 5) is 2.34. The third-order valence-electron chi connectivity index (χ3n) is 12.8. The Bertz CT molecular complexity index is 3610. The predicted molar refractivity (Wildman–Crippen MR) is 272 cm³/mol. The van der Waals surface area contributed by atoms with Gasteiger partial charge in [0.25, 0.3) is 0 Å². The van der Waals surface area contributed by atoms with Crippen LogP contribution in [0.3, 0.4) is 0 Å². The van der Waals surface area contributed by atoms with Crippen molar-refractivity contribution >= 4 is 60.4 Å². The number of anilines is 3. The van der Waals surface area contributed by atoms with Crippen LogP contribution in [-0.2, 0) is 0 Å². The summed E-state index contributed by atoms with van der Waals surface area (Å²) < 4.78 is 2.37. The Morgan fingerprint density at radius 1 is 0.234 bits per heavy atom. The molecule has 11 aromatic carbocycles. The van der Waals surface area contributed by atoms with Crippen LogP contribution in [0.5, 0.6) is 0 Å². The zero-order valence-corrected chi connectivity index (χ0v) is 35.1. The SMILES string of the molecule is c1ccc(-c2c(-c3ccccc3)c3cc(-c4ccc(N(c5ccccc5)c5ccc(-c6ccc7c(c6)c6ccccc6n7-c6ccccc6)cc5)cc4)ccc3c3ccccc23)cc1. The van der Waals surface area contributed by atoms with Crippen LogP contribution in [0.15, 0.2) is 255 Å². The van der Waals surface area contributed by atoms with Crippen LogP contribution in [0.25, 0.3) is 93.5 Å². The van der Waals surface area contributed by atoms with Crippen molar-refractivity contribution in [3.05, 3.63) is 255 Å². The quantitative estimate of drug-likeness (QED) is 0.139. The molecule has 0 aliphatic carbocycles. The fraction of sp³-hybridized carbons (Fsp3) is 0. The van der Waals surface area contributed by atoms with Gasteiger partial charge in [0.1, 0.15) is 0 Å². The Hall–Kier alpha value is -8.46. The molecule has 12 rings (SSSR count). The van der Waals surface area contributed by atoms with Crippen LogP contribution in [-0.4, -0.2) is 4.57 Å². The van der Waals surface area contributed by atoms with E-state index in [0.29, 0.717) is 0 Å². The molecule has 0 N–H and O–H groups in total. The number of rotatable bonds is 8. The molecule has 2 nitrogen and oxygen atoms in total. The first-order valence-corrected chi connectivity index (χ1v) is 22.0. The van der Waals surface area contributed by atoms with E-state index in [4.69, 9.17) is 0 Å². The van der Waals surface area contributed by atoms with Crippen molar-refractivity contribution in [2.24, 2.45) is 0 Å². The van der Waals surface area contributed by atoms with E-state index in [1.165, 1.54) is 93.5 Å². The molecule has 0 atom stereocenters. The lowest BCUT2D eigenvalue weighted by atomic mass is 9.84. The molecule has 0 saturated heterocycles. The average Bonchev–Trinajstić information content (AvgIpc) is 3.71. The number of hydrogen-bond acceptors (Lipinski definition) is 1. The lowest BCUT2D eigenvalue weighted by Gasteiger charge is -2.26. The third-order valence-corrected chi connectivity index (χ3v) is 12.8. The molecule has 12 aromatic rings. The standard InChI is InChI=1S/C62H42N2/c1-5-17-45(18-6-1)61-56-27-14-13-25-53(56)54-39-33-47(42-58(54)62(61)46-19-7-2-8-20-46)43-29-35-51(36-30-43)63(49-21-9-3-10-22-49)52-37-31-44(32-38-52)48-34-40-60-57(41-48)55-26-15-16-28-59(55)64(60)50-23-11-4-12-24-50/h1-42H. The van der Waals surface area contributed by atoms with E-state index in [9.17, 15) is 0 Å². The van der Waals surface area contributed by atoms with Crippen molar-refractivity contribution in [1.82, 2.24) is 4.57 Å². The van der Waals surface area contributed by atoms with E-state index in [-0.39, 0.29) is 0 Å². The van der Waals surface area contributed by atoms with E-state index >= 15 is 0 Å². The molecule has 0 aliphatic heterocycles. The van der Waals surface area contributed by atoms with Crippen LogP contribution in [0.4, 0.5) is 17.1 Å². The summed E-state index contributed by atoms with van der Waals surface area (Å²) in [6, 6.07) is 92.5. The Morgan fingerprint density at radius 2 is 0.641 bits per heavy atom. The van der Waals surface area contributed by atoms with Gasteiger partial charge in [0, 0.05) is 33.5 Å². The zero-order chi connectivity index (χ0) is 42.4. The van der Waals surface area contributed by atoms with Crippen LogP contribution < -0.4 is 4.90 Å². The minimum absolute atomic E-state index is 1.10. The van der Waals surface area contributed by atoms with E-state index in [1.54, 1.807) is 0 Å². The molecule has 0 bridgehead atoms. The first-order valence-electron chi connectivity index (χ1n) is 22.0. The van der Waals surface area contributed by atoms with Gasteiger partial charge in [-0.25, -0.2) is 0 Å². The molecule has 0 amide bonds. The summed E-state index contributed by atoms with van der Waals surface area (Å²) in [6.45, 7) is 0. The lowest BCUT2D eigenvalue weighted by Crippen LogP contribution is -2.09. The molecule has 0 aliphatic rings. The highest BCUT2D eigenvalue weighted by atomic mass is 15.1. The predicted octanol–water partition coefficient (Wildman–Crippen LogP) is 17.2. The molecular formula is C62H42N2. The fourth-order valence-electron chi connectivity index (χ4n) is 9.82. The van der Waals surface area contributed by atoms with Crippen molar-refractivity contribution in [3.63, 3.8) is 0 Å². The third kappa shape index (κ3) is 6.44. The first kappa shape index (κ1) is 37.3. The second kappa shape index (κ2) is 15.8. The second-order valence-corrected chi connectivity index (χ2v) is 16.5. The van der Waals surface area contributed by atoms with E-state index in [1.807, 2.05) is 0 Å². The monoisotopic (exact) mass is 814 g/mol. The number of hydrogen-bond donors (Lipinski definition) is 0. The molecule has 0 unspecified atom stereocenters. The van der Waals surface area contributed by atoms with Crippen molar-refractivity contribution in [1.29, 1.82) is 0 Å². The first-order chi connectivity index (χ1) is 31.8. The second-order valence-electron chi connectivity index (χ2n) is 16.5. The molecular weight excluding hydrogens is 773 g/mol. The van der Waals surface area contributed by atoms with Crippen LogP contribution in [0.1, 0.15) is 0 Å². The highest BCUT2D eigenvalue weighted by Crippen LogP contribution is 2.46. The summed E-state index contributed by atoms with van der Waals surface area (Å²) in [5, 5.41) is 7.53. The Balaban J connectivity index is 0.928. The maximum absolute atomic E-state index is 2.40. The maximum Gasteiger partial charge on any atom is 0.0541 e. The van der Waals surface area contributed by atoms with Crippen molar-refractivity contribution in [2.75, 3.05) is 4.90 Å². The minimum Gasteiger partial charge on any atom is -0.311 e. The van der Waals surface area contributed by atoms with E-state index in [2.05, 4.69) is 264 Å². The molecule has 0 saturated carbocycles. The van der Waals surface area contributed by atoms with Crippen molar-refractivity contribution < 1.29 is 0 Å². The van der Waals surface area contributed by atoms with Crippen LogP contribution in [0.2, 0.25) is 0 Å². The van der Waals surface area contributed by atoms with E-state index in [0.717, 1.165) is 17.1 Å². The van der Waals surface area contributed by atoms with Gasteiger partial charge in [-0.05, 0) is 139 Å². The van der Waals surface area contributed by atoms with Crippen LogP contribution in [0, 0.1) is 0 Å². The Labute approximate surface area is 373 Å². The van der Waals surface area contributed by atoms with Gasteiger partial charge in [-0.3, -0.25) is 0 Å². The summed E-state index contributed by atoms with van der Waals surface area (Å²) in [5.41, 5.74) is 16.6. The van der Waals surface area contributed by atoms with Gasteiger partial charge in [-0.1, -0.05) is 182 Å². The summed E-state index contributed by atoms with van der Waals surface area (Å²) in [5.74, 6) is 0. The highest BCUT2D eigenvalue weighted by molar-refractivity contribution is 6.22. The minimum atomic E-state index is 1.10. The number of para-hydroxylation sites is 3. The summed E-state index contributed by atoms with van der Waals surface area (Å²) in [7, 11) is 0. The maximum atomic E-state index is 2.40. The fourth-order valence-corrected chi connectivity index (χ4v) is 9.82. The normalized spacial score (nSPS) is 11.4. The molecule has 0 spiro atoms. The van der Waals surface area contributed by atoms with Gasteiger partial charge in [0.15, 0.2) is 0 Å². The lowest BCUT2D eigenvalue weighted by molar-refractivity contribution is 1.18. The van der Waals surface area contributed by atoms with Gasteiger partial charge in [0.05, 0.1) is 11.0 Å². The van der Waals surface area contributed by atoms with Gasteiger partial charge in [0.2, 0.25) is 0 Å². The van der Waals surface area contributed by atoms with Crippen molar-refractivity contribution in [3.8, 4) is 50.2 Å². The van der Waals surface area contributed by atoms with Gasteiger partial charge < -0.3 is 9.47 Å². The summed E-state index contributed by atoms with van der Waals surface area (Å²) >= 11 is 0. The Morgan fingerprint density at radius 3 is 1.25 bits per heavy atom. The van der Waals surface area contributed by atoms with Gasteiger partial charge in [-0.2, -0.15) is 0 Å². The topological polar surface area (TPSA) is 8.17 Å². The van der Waals surface area contributed by atoms with Gasteiger partial charge >= 0.3 is 0 Å². The molecule has 0 fully saturated rings. The highest BCUT2D eigenvalue weighted by Gasteiger charge is 2.19. The zero-order valence-electron chi connectivity index (χ0n) is 35.1. The number of benzene rings is 11. The molecule has 0 radical (unpaired) electrons. The van der Waals surface area contributed by atoms with E-state index < -0.39 is 0 Å². The number of fused-ring (bicyclic) bond motifs is 6. The largest absolute Gasteiger partial charge is 0.311 e. The summed E-state index contributed by atoms with van der Waals surface area (Å²) in [6.07, 6.45) is 0.